The predicted octanol–water partition coefficient (Wildman–Crippen LogP) is 0.162. The largest absolute Gasteiger partial charge is 0.376 e. The number of ether oxygens (including phenoxy) is 2. The number of rotatable bonds is 3. The van der Waals surface area contributed by atoms with Crippen LogP contribution in [0.25, 0.3) is 0 Å². The number of likely N-dealkylation sites (N-methyl/N-ethyl adjacent to an activating group) is 1. The molecular weight excluding hydrogens is 196 g/mol. The maximum absolute atomic E-state index is 11.8. The van der Waals surface area contributed by atoms with E-state index in [1.807, 2.05) is 13.0 Å². The molecule has 0 saturated carbocycles. The van der Waals surface area contributed by atoms with Crippen LogP contribution in [0.3, 0.4) is 0 Å². The van der Waals surface area contributed by atoms with E-state index in [1.54, 1.807) is 11.9 Å². The average molecular weight is 212 g/mol. The quantitative estimate of drug-likeness (QED) is 0.668. The lowest BCUT2D eigenvalue weighted by Crippen LogP contribution is -2.46. The van der Waals surface area contributed by atoms with Gasteiger partial charge in [0.2, 0.25) is 0 Å². The summed E-state index contributed by atoms with van der Waals surface area (Å²) in [6.45, 7) is 3.14. The molecule has 1 fully saturated rings. The van der Waals surface area contributed by atoms with Gasteiger partial charge < -0.3 is 14.4 Å². The topological polar surface area (TPSA) is 62.6 Å². The van der Waals surface area contributed by atoms with Crippen LogP contribution in [-0.2, 0) is 14.3 Å². The van der Waals surface area contributed by atoms with E-state index in [4.69, 9.17) is 14.7 Å². The van der Waals surface area contributed by atoms with E-state index < -0.39 is 6.10 Å². The van der Waals surface area contributed by atoms with Crippen LogP contribution >= 0.6 is 0 Å². The summed E-state index contributed by atoms with van der Waals surface area (Å²) in [5, 5.41) is 8.53. The first kappa shape index (κ1) is 12.0. The molecule has 5 heteroatoms. The van der Waals surface area contributed by atoms with Gasteiger partial charge in [-0.25, -0.2) is 0 Å². The molecule has 2 atom stereocenters. The van der Waals surface area contributed by atoms with Crippen molar-refractivity contribution in [2.24, 2.45) is 0 Å². The van der Waals surface area contributed by atoms with Crippen molar-refractivity contribution < 1.29 is 14.3 Å². The fourth-order valence-electron chi connectivity index (χ4n) is 1.34. The predicted molar refractivity (Wildman–Crippen MR) is 53.0 cm³/mol. The van der Waals surface area contributed by atoms with Crippen molar-refractivity contribution in [1.29, 1.82) is 5.26 Å². The van der Waals surface area contributed by atoms with Gasteiger partial charge in [0.05, 0.1) is 32.3 Å². The van der Waals surface area contributed by atoms with Gasteiger partial charge in [-0.3, -0.25) is 4.79 Å². The van der Waals surface area contributed by atoms with Crippen LogP contribution in [0.1, 0.15) is 13.3 Å². The molecule has 1 amide bonds. The summed E-state index contributed by atoms with van der Waals surface area (Å²) in [7, 11) is 1.68. The molecule has 0 radical (unpaired) electrons. The standard InChI is InChI=1S/C10H16N2O3/c1-8(3-4-11)12(2)10(13)9-7-14-5-6-15-9/h8-9H,3,5-7H2,1-2H3. The molecule has 5 nitrogen and oxygen atoms in total. The van der Waals surface area contributed by atoms with E-state index in [0.717, 1.165) is 0 Å². The van der Waals surface area contributed by atoms with Gasteiger partial charge in [0, 0.05) is 13.1 Å². The van der Waals surface area contributed by atoms with E-state index >= 15 is 0 Å². The minimum absolute atomic E-state index is 0.0898. The molecule has 1 aliphatic rings. The molecule has 1 rings (SSSR count). The molecule has 15 heavy (non-hydrogen) atoms. The van der Waals surface area contributed by atoms with Crippen molar-refractivity contribution in [2.45, 2.75) is 25.5 Å². The molecule has 2 unspecified atom stereocenters. The minimum Gasteiger partial charge on any atom is -0.376 e. The van der Waals surface area contributed by atoms with Crippen LogP contribution in [0.15, 0.2) is 0 Å². The van der Waals surface area contributed by atoms with Gasteiger partial charge >= 0.3 is 0 Å². The fraction of sp³-hybridized carbons (Fsp3) is 0.800. The van der Waals surface area contributed by atoms with Crippen LogP contribution in [0.5, 0.6) is 0 Å². The molecule has 0 aromatic carbocycles. The molecule has 0 bridgehead atoms. The van der Waals surface area contributed by atoms with Crippen LogP contribution < -0.4 is 0 Å². The summed E-state index contributed by atoms with van der Waals surface area (Å²) >= 11 is 0. The Hall–Kier alpha value is -1.12. The van der Waals surface area contributed by atoms with Crippen molar-refractivity contribution in [3.63, 3.8) is 0 Å². The van der Waals surface area contributed by atoms with Gasteiger partial charge in [0.25, 0.3) is 5.91 Å². The highest BCUT2D eigenvalue weighted by molar-refractivity contribution is 5.81. The smallest absolute Gasteiger partial charge is 0.254 e. The fourth-order valence-corrected chi connectivity index (χ4v) is 1.34. The number of amides is 1. The van der Waals surface area contributed by atoms with Crippen molar-refractivity contribution >= 4 is 5.91 Å². The van der Waals surface area contributed by atoms with Gasteiger partial charge in [0.15, 0.2) is 6.10 Å². The van der Waals surface area contributed by atoms with Gasteiger partial charge in [-0.15, -0.1) is 0 Å². The second kappa shape index (κ2) is 5.69. The molecule has 1 aliphatic heterocycles. The summed E-state index contributed by atoms with van der Waals surface area (Å²) in [6.07, 6.45) is -0.180. The minimum atomic E-state index is -0.509. The Balaban J connectivity index is 2.47. The summed E-state index contributed by atoms with van der Waals surface area (Å²) in [5.74, 6) is -0.113. The van der Waals surface area contributed by atoms with Gasteiger partial charge in [-0.2, -0.15) is 5.26 Å². The first-order valence-electron chi connectivity index (χ1n) is 4.99. The van der Waals surface area contributed by atoms with Crippen LogP contribution in [0.2, 0.25) is 0 Å². The Labute approximate surface area is 89.6 Å². The lowest BCUT2D eigenvalue weighted by molar-refractivity contribution is -0.158. The number of hydrogen-bond acceptors (Lipinski definition) is 4. The lowest BCUT2D eigenvalue weighted by atomic mass is 10.2. The van der Waals surface area contributed by atoms with Crippen LogP contribution in [0, 0.1) is 11.3 Å². The molecule has 0 aromatic rings. The number of hydrogen-bond donors (Lipinski definition) is 0. The summed E-state index contributed by atoms with van der Waals surface area (Å²) in [6, 6.07) is 1.95. The zero-order valence-electron chi connectivity index (χ0n) is 9.10. The van der Waals surface area contributed by atoms with Crippen LogP contribution in [-0.4, -0.2) is 49.8 Å². The third-order valence-electron chi connectivity index (χ3n) is 2.49. The Bertz CT molecular complexity index is 256. The van der Waals surface area contributed by atoms with Gasteiger partial charge in [0.1, 0.15) is 0 Å². The maximum Gasteiger partial charge on any atom is 0.254 e. The van der Waals surface area contributed by atoms with E-state index in [9.17, 15) is 4.79 Å². The zero-order chi connectivity index (χ0) is 11.3. The van der Waals surface area contributed by atoms with E-state index in [-0.39, 0.29) is 11.9 Å². The Morgan fingerprint density at radius 2 is 2.40 bits per heavy atom. The maximum atomic E-state index is 11.8. The summed E-state index contributed by atoms with van der Waals surface area (Å²) in [5.41, 5.74) is 0. The van der Waals surface area contributed by atoms with Crippen molar-refractivity contribution in [3.05, 3.63) is 0 Å². The molecule has 0 aliphatic carbocycles. The molecule has 0 N–H and O–H groups in total. The third-order valence-corrected chi connectivity index (χ3v) is 2.49. The van der Waals surface area contributed by atoms with Gasteiger partial charge in [-0.1, -0.05) is 0 Å². The van der Waals surface area contributed by atoms with E-state index in [1.165, 1.54) is 0 Å². The third kappa shape index (κ3) is 3.18. The molecule has 84 valence electrons. The number of carbonyl (C=O) groups is 1. The first-order chi connectivity index (χ1) is 7.16. The normalized spacial score (nSPS) is 22.9. The Morgan fingerprint density at radius 3 is 2.93 bits per heavy atom. The van der Waals surface area contributed by atoms with E-state index in [2.05, 4.69) is 0 Å². The van der Waals surface area contributed by atoms with Crippen molar-refractivity contribution in [3.8, 4) is 6.07 Å². The Kier molecular flexibility index (Phi) is 4.53. The molecular formula is C10H16N2O3. The molecule has 0 aromatic heterocycles. The highest BCUT2D eigenvalue weighted by atomic mass is 16.6. The summed E-state index contributed by atoms with van der Waals surface area (Å²) in [4.78, 5) is 13.4. The second-order valence-corrected chi connectivity index (χ2v) is 3.59. The summed E-state index contributed by atoms with van der Waals surface area (Å²) < 4.78 is 10.4. The Morgan fingerprint density at radius 1 is 1.67 bits per heavy atom. The molecule has 1 heterocycles. The second-order valence-electron chi connectivity index (χ2n) is 3.59. The number of nitrogens with zero attached hydrogens (tertiary/aromatic N) is 2. The number of carbonyl (C=O) groups excluding carboxylic acids is 1. The first-order valence-corrected chi connectivity index (χ1v) is 4.99. The highest BCUT2D eigenvalue weighted by Gasteiger charge is 2.27. The highest BCUT2D eigenvalue weighted by Crippen LogP contribution is 2.08. The van der Waals surface area contributed by atoms with Crippen molar-refractivity contribution in [2.75, 3.05) is 26.9 Å². The van der Waals surface area contributed by atoms with Gasteiger partial charge in [-0.05, 0) is 6.92 Å². The average Bonchev–Trinajstić information content (AvgIpc) is 2.28. The zero-order valence-corrected chi connectivity index (χ0v) is 9.10. The molecule has 0 spiro atoms. The SMILES string of the molecule is CC(CC#N)N(C)C(=O)C1COCCO1. The lowest BCUT2D eigenvalue weighted by Gasteiger charge is -2.29. The number of nitriles is 1. The van der Waals surface area contributed by atoms with Crippen molar-refractivity contribution in [1.82, 2.24) is 4.90 Å². The van der Waals surface area contributed by atoms with Crippen LogP contribution in [0.4, 0.5) is 0 Å². The molecule has 1 saturated heterocycles. The van der Waals surface area contributed by atoms with E-state index in [0.29, 0.717) is 26.2 Å². The monoisotopic (exact) mass is 212 g/mol.